The van der Waals surface area contributed by atoms with Crippen LogP contribution in [0.3, 0.4) is 0 Å². The molecule has 0 bridgehead atoms. The third-order valence-electron chi connectivity index (χ3n) is 5.72. The fourth-order valence-corrected chi connectivity index (χ4v) is 6.29. The number of nitrogens with zero attached hydrogens (tertiary/aromatic N) is 5. The first kappa shape index (κ1) is 23.7. The number of amides is 1. The summed E-state index contributed by atoms with van der Waals surface area (Å²) in [4.78, 5) is 14.8. The van der Waals surface area contributed by atoms with Crippen LogP contribution in [-0.4, -0.2) is 68.8 Å². The van der Waals surface area contributed by atoms with Gasteiger partial charge in [-0.1, -0.05) is 44.2 Å². The second kappa shape index (κ2) is 10.6. The summed E-state index contributed by atoms with van der Waals surface area (Å²) in [6, 6.07) is 7.87. The van der Waals surface area contributed by atoms with Gasteiger partial charge < -0.3 is 4.90 Å². The van der Waals surface area contributed by atoms with Gasteiger partial charge in [0.25, 0.3) is 0 Å². The molecule has 0 saturated carbocycles. The van der Waals surface area contributed by atoms with E-state index in [1.807, 2.05) is 26.0 Å². The predicted octanol–water partition coefficient (Wildman–Crippen LogP) is 2.91. The number of thioether (sulfide) groups is 1. The van der Waals surface area contributed by atoms with Gasteiger partial charge in [0, 0.05) is 12.1 Å². The normalized spacial score (nSPS) is 18.7. The van der Waals surface area contributed by atoms with E-state index in [4.69, 9.17) is 0 Å². The molecule has 0 aliphatic carbocycles. The molecule has 1 aromatic carbocycles. The number of hydrogen-bond acceptors (Lipinski definition) is 7. The summed E-state index contributed by atoms with van der Waals surface area (Å²) in [5, 5.41) is 12.5. The van der Waals surface area contributed by atoms with Crippen molar-refractivity contribution in [2.75, 3.05) is 17.3 Å². The van der Waals surface area contributed by atoms with Crippen LogP contribution in [0.4, 0.5) is 0 Å². The fourth-order valence-electron chi connectivity index (χ4n) is 3.82. The number of carbonyl (C=O) groups is 1. The number of sulfone groups is 1. The van der Waals surface area contributed by atoms with Crippen molar-refractivity contribution in [1.29, 1.82) is 0 Å². The molecule has 1 aliphatic heterocycles. The second-order valence-electron chi connectivity index (χ2n) is 8.05. The number of unbranched alkanes of at least 4 members (excludes halogenated alkanes) is 1. The number of aryl methyl sites for hydroxylation is 1. The largest absolute Gasteiger partial charge is 0.335 e. The quantitative estimate of drug-likeness (QED) is 0.498. The van der Waals surface area contributed by atoms with Gasteiger partial charge in [-0.2, -0.15) is 4.68 Å². The summed E-state index contributed by atoms with van der Waals surface area (Å²) < 4.78 is 25.5. The molecule has 0 N–H and O–H groups in total. The van der Waals surface area contributed by atoms with Crippen LogP contribution in [0.1, 0.15) is 52.0 Å². The Bertz CT molecular complexity index is 975. The molecule has 1 amide bonds. The lowest BCUT2D eigenvalue weighted by molar-refractivity contribution is -0.132. The fraction of sp³-hybridized carbons (Fsp3) is 0.619. The van der Waals surface area contributed by atoms with Crippen molar-refractivity contribution in [3.05, 3.63) is 29.8 Å². The van der Waals surface area contributed by atoms with E-state index < -0.39 is 9.84 Å². The van der Waals surface area contributed by atoms with Crippen LogP contribution in [0.5, 0.6) is 0 Å². The van der Waals surface area contributed by atoms with Crippen LogP contribution in [0, 0.1) is 0 Å². The summed E-state index contributed by atoms with van der Waals surface area (Å²) in [6.45, 7) is 6.15. The Morgan fingerprint density at radius 2 is 2.03 bits per heavy atom. The molecule has 1 saturated heterocycles. The molecule has 10 heteroatoms. The maximum absolute atomic E-state index is 13.1. The minimum Gasteiger partial charge on any atom is -0.335 e. The predicted molar refractivity (Wildman–Crippen MR) is 122 cm³/mol. The molecule has 2 heterocycles. The van der Waals surface area contributed by atoms with Crippen molar-refractivity contribution >= 4 is 27.5 Å². The summed E-state index contributed by atoms with van der Waals surface area (Å²) in [5.74, 6) is 0.286. The molecule has 1 aliphatic rings. The first-order valence-electron chi connectivity index (χ1n) is 10.9. The van der Waals surface area contributed by atoms with E-state index in [0.717, 1.165) is 31.4 Å². The first-order valence-corrected chi connectivity index (χ1v) is 13.7. The average Bonchev–Trinajstić information content (AvgIpc) is 3.37. The number of benzene rings is 1. The Hall–Kier alpha value is -1.94. The van der Waals surface area contributed by atoms with Gasteiger partial charge in [0.1, 0.15) is 0 Å². The smallest absolute Gasteiger partial charge is 0.233 e. The minimum absolute atomic E-state index is 0.0157. The van der Waals surface area contributed by atoms with Crippen LogP contribution in [0.2, 0.25) is 0 Å². The van der Waals surface area contributed by atoms with E-state index in [1.54, 1.807) is 9.58 Å². The Kier molecular flexibility index (Phi) is 8.10. The van der Waals surface area contributed by atoms with Gasteiger partial charge in [-0.3, -0.25) is 4.79 Å². The molecule has 1 aromatic heterocycles. The highest BCUT2D eigenvalue weighted by atomic mass is 32.2. The molecule has 2 aromatic rings. The second-order valence-corrected chi connectivity index (χ2v) is 11.2. The molecule has 2 unspecified atom stereocenters. The van der Waals surface area contributed by atoms with Crippen molar-refractivity contribution in [3.63, 3.8) is 0 Å². The van der Waals surface area contributed by atoms with Gasteiger partial charge in [-0.15, -0.1) is 5.10 Å². The number of aromatic nitrogens is 4. The zero-order valence-electron chi connectivity index (χ0n) is 18.4. The number of tetrazole rings is 1. The lowest BCUT2D eigenvalue weighted by Crippen LogP contribution is -2.47. The van der Waals surface area contributed by atoms with Gasteiger partial charge in [0.2, 0.25) is 11.1 Å². The Morgan fingerprint density at radius 1 is 1.29 bits per heavy atom. The van der Waals surface area contributed by atoms with Crippen LogP contribution >= 0.6 is 11.8 Å². The highest BCUT2D eigenvalue weighted by molar-refractivity contribution is 7.99. The van der Waals surface area contributed by atoms with Crippen LogP contribution < -0.4 is 0 Å². The van der Waals surface area contributed by atoms with Gasteiger partial charge >= 0.3 is 0 Å². The Morgan fingerprint density at radius 3 is 2.65 bits per heavy atom. The number of hydrogen-bond donors (Lipinski definition) is 0. The van der Waals surface area contributed by atoms with Gasteiger partial charge in [-0.05, 0) is 60.7 Å². The van der Waals surface area contributed by atoms with E-state index >= 15 is 0 Å². The topological polar surface area (TPSA) is 98.1 Å². The molecule has 0 radical (unpaired) electrons. The molecular weight excluding hydrogens is 434 g/mol. The zero-order valence-corrected chi connectivity index (χ0v) is 20.0. The molecule has 8 nitrogen and oxygen atoms in total. The average molecular weight is 466 g/mol. The van der Waals surface area contributed by atoms with Crippen LogP contribution in [0.25, 0.3) is 5.69 Å². The lowest BCUT2D eigenvalue weighted by atomic mass is 10.1. The van der Waals surface area contributed by atoms with Gasteiger partial charge in [0.15, 0.2) is 9.84 Å². The lowest BCUT2D eigenvalue weighted by Gasteiger charge is -2.33. The first-order chi connectivity index (χ1) is 14.8. The van der Waals surface area contributed by atoms with E-state index in [2.05, 4.69) is 34.6 Å². The molecule has 2 atom stereocenters. The summed E-state index contributed by atoms with van der Waals surface area (Å²) >= 11 is 1.28. The third-order valence-corrected chi connectivity index (χ3v) is 8.38. The van der Waals surface area contributed by atoms with Crippen LogP contribution in [-0.2, 0) is 21.1 Å². The van der Waals surface area contributed by atoms with Gasteiger partial charge in [-0.25, -0.2) is 8.42 Å². The van der Waals surface area contributed by atoms with E-state index in [0.29, 0.717) is 11.6 Å². The SMILES string of the molecule is CCCCc1ccc(-n2nnnc2SCC(=O)N(C(C)CC)C2CCS(=O)(=O)C2)cc1. The third kappa shape index (κ3) is 6.06. The standard InChI is InChI=1S/C21H31N5O3S2/c1-4-6-7-17-8-10-18(11-9-17)26-21(22-23-24-26)30-14-20(27)25(16(3)5-2)19-12-13-31(28,29)15-19/h8-11,16,19H,4-7,12-15H2,1-3H3. The minimum atomic E-state index is -3.06. The number of carbonyl (C=O) groups excluding carboxylic acids is 1. The maximum Gasteiger partial charge on any atom is 0.233 e. The molecular formula is C21H31N5O3S2. The molecule has 31 heavy (non-hydrogen) atoms. The van der Waals surface area contributed by atoms with Crippen molar-refractivity contribution in [3.8, 4) is 5.69 Å². The molecule has 170 valence electrons. The van der Waals surface area contributed by atoms with Crippen molar-refractivity contribution < 1.29 is 13.2 Å². The highest BCUT2D eigenvalue weighted by Crippen LogP contribution is 2.24. The monoisotopic (exact) mass is 465 g/mol. The van der Waals surface area contributed by atoms with E-state index in [9.17, 15) is 13.2 Å². The summed E-state index contributed by atoms with van der Waals surface area (Å²) in [6.07, 6.45) is 4.64. The Labute approximate surface area is 188 Å². The van der Waals surface area contributed by atoms with E-state index in [1.165, 1.54) is 17.3 Å². The van der Waals surface area contributed by atoms with E-state index in [-0.39, 0.29) is 35.2 Å². The van der Waals surface area contributed by atoms with Crippen molar-refractivity contribution in [2.45, 2.75) is 70.1 Å². The van der Waals surface area contributed by atoms with Crippen LogP contribution in [0.15, 0.2) is 29.4 Å². The molecule has 1 fully saturated rings. The summed E-state index contributed by atoms with van der Waals surface area (Å²) in [7, 11) is -3.06. The molecule has 0 spiro atoms. The van der Waals surface area contributed by atoms with Crippen molar-refractivity contribution in [1.82, 2.24) is 25.1 Å². The molecule has 3 rings (SSSR count). The highest BCUT2D eigenvalue weighted by Gasteiger charge is 2.36. The van der Waals surface area contributed by atoms with Crippen molar-refractivity contribution in [2.24, 2.45) is 0 Å². The summed E-state index contributed by atoms with van der Waals surface area (Å²) in [5.41, 5.74) is 2.12. The zero-order chi connectivity index (χ0) is 22.4. The Balaban J connectivity index is 1.68. The maximum atomic E-state index is 13.1. The van der Waals surface area contributed by atoms with Gasteiger partial charge in [0.05, 0.1) is 22.9 Å². The number of rotatable bonds is 10.